The van der Waals surface area contributed by atoms with Gasteiger partial charge in [0, 0.05) is 0 Å². The zero-order chi connectivity index (χ0) is 8.97. The maximum atomic E-state index is 5.50. The largest absolute Gasteiger partial charge is 0.496 e. The van der Waals surface area contributed by atoms with E-state index in [2.05, 4.69) is 13.0 Å². The van der Waals surface area contributed by atoms with Gasteiger partial charge >= 0.3 is 0 Å². The van der Waals surface area contributed by atoms with E-state index in [4.69, 9.17) is 10.5 Å². The first-order valence-corrected chi connectivity index (χ1v) is 4.12. The molecule has 2 N–H and O–H groups in total. The van der Waals surface area contributed by atoms with Crippen LogP contribution in [0.1, 0.15) is 11.1 Å². The summed E-state index contributed by atoms with van der Waals surface area (Å²) in [4.78, 5) is 0. The summed E-state index contributed by atoms with van der Waals surface area (Å²) in [5, 5.41) is 0. The van der Waals surface area contributed by atoms with Gasteiger partial charge in [0.05, 0.1) is 7.11 Å². The molecule has 0 aliphatic heterocycles. The van der Waals surface area contributed by atoms with E-state index in [-0.39, 0.29) is 0 Å². The molecule has 0 amide bonds. The van der Waals surface area contributed by atoms with Gasteiger partial charge in [0.1, 0.15) is 5.75 Å². The Morgan fingerprint density at radius 1 is 1.42 bits per heavy atom. The molecular weight excluding hydrogens is 150 g/mol. The van der Waals surface area contributed by atoms with Crippen molar-refractivity contribution in [2.45, 2.75) is 13.3 Å². The molecule has 0 radical (unpaired) electrons. The second-order valence-corrected chi connectivity index (χ2v) is 2.79. The fourth-order valence-electron chi connectivity index (χ4n) is 1.33. The highest BCUT2D eigenvalue weighted by Crippen LogP contribution is 2.21. The molecule has 0 aliphatic rings. The Morgan fingerprint density at radius 3 is 2.75 bits per heavy atom. The predicted molar refractivity (Wildman–Crippen MR) is 50.5 cm³/mol. The zero-order valence-corrected chi connectivity index (χ0v) is 7.63. The van der Waals surface area contributed by atoms with Gasteiger partial charge in [-0.2, -0.15) is 0 Å². The van der Waals surface area contributed by atoms with Crippen molar-refractivity contribution in [3.8, 4) is 5.75 Å². The molecule has 0 saturated heterocycles. The van der Waals surface area contributed by atoms with Crippen LogP contribution in [0.2, 0.25) is 0 Å². The van der Waals surface area contributed by atoms with Crippen molar-refractivity contribution in [2.24, 2.45) is 5.73 Å². The van der Waals surface area contributed by atoms with Gasteiger partial charge in [-0.05, 0) is 37.1 Å². The van der Waals surface area contributed by atoms with E-state index in [9.17, 15) is 0 Å². The Hall–Kier alpha value is -1.02. The minimum Gasteiger partial charge on any atom is -0.496 e. The van der Waals surface area contributed by atoms with Gasteiger partial charge in [0.15, 0.2) is 0 Å². The summed E-state index contributed by atoms with van der Waals surface area (Å²) in [5.41, 5.74) is 7.97. The van der Waals surface area contributed by atoms with Gasteiger partial charge in [-0.25, -0.2) is 0 Å². The fourth-order valence-corrected chi connectivity index (χ4v) is 1.33. The van der Waals surface area contributed by atoms with Crippen molar-refractivity contribution in [3.05, 3.63) is 29.3 Å². The number of ether oxygens (including phenoxy) is 1. The number of hydrogen-bond acceptors (Lipinski definition) is 2. The Kier molecular flexibility index (Phi) is 3.11. The van der Waals surface area contributed by atoms with Crippen LogP contribution in [0.4, 0.5) is 0 Å². The highest BCUT2D eigenvalue weighted by Gasteiger charge is 2.03. The maximum Gasteiger partial charge on any atom is 0.122 e. The third-order valence-electron chi connectivity index (χ3n) is 1.98. The topological polar surface area (TPSA) is 35.2 Å². The normalized spacial score (nSPS) is 9.92. The summed E-state index contributed by atoms with van der Waals surface area (Å²) >= 11 is 0. The Balaban J connectivity index is 3.02. The fraction of sp³-hybridized carbons (Fsp3) is 0.400. The standard InChI is InChI=1S/C10H15NO/c1-8-4-3-5-10(12-2)9(8)6-7-11/h3-5H,6-7,11H2,1-2H3. The lowest BCUT2D eigenvalue weighted by Crippen LogP contribution is -2.05. The van der Waals surface area contributed by atoms with Crippen molar-refractivity contribution in [1.82, 2.24) is 0 Å². The molecule has 1 rings (SSSR count). The third kappa shape index (κ3) is 1.77. The Morgan fingerprint density at radius 2 is 2.17 bits per heavy atom. The molecule has 0 aliphatic carbocycles. The van der Waals surface area contributed by atoms with Crippen molar-refractivity contribution in [1.29, 1.82) is 0 Å². The molecule has 2 nitrogen and oxygen atoms in total. The van der Waals surface area contributed by atoms with E-state index in [0.29, 0.717) is 6.54 Å². The Bertz CT molecular complexity index is 258. The molecule has 1 aromatic rings. The molecule has 0 saturated carbocycles. The van der Waals surface area contributed by atoms with Crippen molar-refractivity contribution in [3.63, 3.8) is 0 Å². The molecule has 0 bridgehead atoms. The monoisotopic (exact) mass is 165 g/mol. The summed E-state index contributed by atoms with van der Waals surface area (Å²) in [5.74, 6) is 0.945. The van der Waals surface area contributed by atoms with Gasteiger partial charge in [-0.3, -0.25) is 0 Å². The molecule has 0 aromatic heterocycles. The molecule has 0 spiro atoms. The van der Waals surface area contributed by atoms with E-state index < -0.39 is 0 Å². The summed E-state index contributed by atoms with van der Waals surface area (Å²) in [6, 6.07) is 6.04. The second-order valence-electron chi connectivity index (χ2n) is 2.79. The summed E-state index contributed by atoms with van der Waals surface area (Å²) in [7, 11) is 1.69. The van der Waals surface area contributed by atoms with Crippen LogP contribution < -0.4 is 10.5 Å². The van der Waals surface area contributed by atoms with Gasteiger partial charge in [0.2, 0.25) is 0 Å². The second kappa shape index (κ2) is 4.12. The smallest absolute Gasteiger partial charge is 0.122 e. The van der Waals surface area contributed by atoms with Crippen molar-refractivity contribution < 1.29 is 4.74 Å². The maximum absolute atomic E-state index is 5.50. The minimum absolute atomic E-state index is 0.668. The average Bonchev–Trinajstić information content (AvgIpc) is 2.09. The van der Waals surface area contributed by atoms with E-state index in [1.807, 2.05) is 12.1 Å². The molecule has 0 heterocycles. The van der Waals surface area contributed by atoms with E-state index in [1.165, 1.54) is 11.1 Å². The number of aryl methyl sites for hydroxylation is 1. The molecule has 0 atom stereocenters. The zero-order valence-electron chi connectivity index (χ0n) is 7.63. The first kappa shape index (κ1) is 9.07. The third-order valence-corrected chi connectivity index (χ3v) is 1.98. The summed E-state index contributed by atoms with van der Waals surface area (Å²) in [6.07, 6.45) is 0.885. The van der Waals surface area contributed by atoms with Gasteiger partial charge in [-0.15, -0.1) is 0 Å². The number of methoxy groups -OCH3 is 1. The van der Waals surface area contributed by atoms with Crippen LogP contribution >= 0.6 is 0 Å². The van der Waals surface area contributed by atoms with Crippen molar-refractivity contribution in [2.75, 3.05) is 13.7 Å². The molecule has 66 valence electrons. The highest BCUT2D eigenvalue weighted by atomic mass is 16.5. The van der Waals surface area contributed by atoms with E-state index >= 15 is 0 Å². The van der Waals surface area contributed by atoms with Crippen LogP contribution in [0.3, 0.4) is 0 Å². The molecule has 0 unspecified atom stereocenters. The van der Waals surface area contributed by atoms with Gasteiger partial charge < -0.3 is 10.5 Å². The number of hydrogen-bond donors (Lipinski definition) is 1. The van der Waals surface area contributed by atoms with Crippen LogP contribution in [0.25, 0.3) is 0 Å². The van der Waals surface area contributed by atoms with Crippen LogP contribution in [0, 0.1) is 6.92 Å². The first-order chi connectivity index (χ1) is 5.79. The van der Waals surface area contributed by atoms with E-state index in [0.717, 1.165) is 12.2 Å². The first-order valence-electron chi connectivity index (χ1n) is 4.12. The number of rotatable bonds is 3. The molecule has 12 heavy (non-hydrogen) atoms. The average molecular weight is 165 g/mol. The summed E-state index contributed by atoms with van der Waals surface area (Å²) < 4.78 is 5.22. The minimum atomic E-state index is 0.668. The molecule has 1 aromatic carbocycles. The predicted octanol–water partition coefficient (Wildman–Crippen LogP) is 1.50. The number of nitrogens with two attached hydrogens (primary N) is 1. The SMILES string of the molecule is COc1cccc(C)c1CCN. The molecular formula is C10H15NO. The lowest BCUT2D eigenvalue weighted by molar-refractivity contribution is 0.409. The van der Waals surface area contributed by atoms with Crippen LogP contribution in [-0.4, -0.2) is 13.7 Å². The lowest BCUT2D eigenvalue weighted by Gasteiger charge is -2.09. The van der Waals surface area contributed by atoms with Crippen LogP contribution in [-0.2, 0) is 6.42 Å². The van der Waals surface area contributed by atoms with E-state index in [1.54, 1.807) is 7.11 Å². The molecule has 0 fully saturated rings. The van der Waals surface area contributed by atoms with Gasteiger partial charge in [-0.1, -0.05) is 12.1 Å². The van der Waals surface area contributed by atoms with Gasteiger partial charge in [0.25, 0.3) is 0 Å². The Labute approximate surface area is 73.3 Å². The van der Waals surface area contributed by atoms with Crippen LogP contribution in [0.5, 0.6) is 5.75 Å². The number of benzene rings is 1. The van der Waals surface area contributed by atoms with Crippen LogP contribution in [0.15, 0.2) is 18.2 Å². The van der Waals surface area contributed by atoms with Crippen molar-refractivity contribution >= 4 is 0 Å². The lowest BCUT2D eigenvalue weighted by atomic mass is 10.0. The summed E-state index contributed by atoms with van der Waals surface area (Å²) in [6.45, 7) is 2.74. The highest BCUT2D eigenvalue weighted by molar-refractivity contribution is 5.39. The molecule has 2 heteroatoms. The quantitative estimate of drug-likeness (QED) is 0.736.